The third-order valence-corrected chi connectivity index (χ3v) is 3.64. The lowest BCUT2D eigenvalue weighted by Gasteiger charge is -2.07. The van der Waals surface area contributed by atoms with Crippen molar-refractivity contribution in [2.24, 2.45) is 0 Å². The lowest BCUT2D eigenvalue weighted by atomic mass is 10.0. The Balaban J connectivity index is 1.65. The molecular formula is C19H20N2O2. The lowest BCUT2D eigenvalue weighted by Crippen LogP contribution is -1.96. The van der Waals surface area contributed by atoms with Gasteiger partial charge in [-0.1, -0.05) is 43.7 Å². The summed E-state index contributed by atoms with van der Waals surface area (Å²) in [4.78, 5) is 0. The van der Waals surface area contributed by atoms with E-state index < -0.39 is 0 Å². The van der Waals surface area contributed by atoms with E-state index in [0.29, 0.717) is 17.7 Å². The Morgan fingerprint density at radius 3 is 2.52 bits per heavy atom. The van der Waals surface area contributed by atoms with E-state index in [1.807, 2.05) is 43.3 Å². The molecule has 0 atom stereocenters. The summed E-state index contributed by atoms with van der Waals surface area (Å²) >= 11 is 0. The molecule has 118 valence electrons. The van der Waals surface area contributed by atoms with Gasteiger partial charge in [0.15, 0.2) is 6.61 Å². The molecule has 4 heteroatoms. The zero-order valence-electron chi connectivity index (χ0n) is 13.6. The molecule has 0 fully saturated rings. The second-order valence-electron chi connectivity index (χ2n) is 5.88. The first-order chi connectivity index (χ1) is 11.1. The molecule has 0 N–H and O–H groups in total. The highest BCUT2D eigenvalue weighted by Crippen LogP contribution is 2.21. The molecule has 1 aromatic heterocycles. The Bertz CT molecular complexity index is 776. The fourth-order valence-electron chi connectivity index (χ4n) is 2.30. The molecule has 3 aromatic rings. The first-order valence-corrected chi connectivity index (χ1v) is 7.74. The summed E-state index contributed by atoms with van der Waals surface area (Å²) in [6, 6.07) is 16.1. The van der Waals surface area contributed by atoms with Crippen LogP contribution in [0.15, 0.2) is 52.9 Å². The predicted molar refractivity (Wildman–Crippen MR) is 89.3 cm³/mol. The van der Waals surface area contributed by atoms with Gasteiger partial charge in [-0.05, 0) is 42.7 Å². The Hall–Kier alpha value is -2.62. The lowest BCUT2D eigenvalue weighted by molar-refractivity contribution is 0.264. The van der Waals surface area contributed by atoms with Gasteiger partial charge < -0.3 is 9.15 Å². The molecular weight excluding hydrogens is 288 g/mol. The topological polar surface area (TPSA) is 48.2 Å². The van der Waals surface area contributed by atoms with E-state index in [2.05, 4.69) is 36.2 Å². The Morgan fingerprint density at radius 2 is 1.83 bits per heavy atom. The number of hydrogen-bond donors (Lipinski definition) is 0. The van der Waals surface area contributed by atoms with Crippen LogP contribution in [0, 0.1) is 6.92 Å². The quantitative estimate of drug-likeness (QED) is 0.682. The largest absolute Gasteiger partial charge is 0.484 e. The molecule has 0 unspecified atom stereocenters. The summed E-state index contributed by atoms with van der Waals surface area (Å²) in [7, 11) is 0. The van der Waals surface area contributed by atoms with E-state index in [1.54, 1.807) is 0 Å². The molecule has 0 radical (unpaired) electrons. The second kappa shape index (κ2) is 6.65. The van der Waals surface area contributed by atoms with Crippen molar-refractivity contribution < 1.29 is 9.15 Å². The van der Waals surface area contributed by atoms with Crippen LogP contribution in [-0.4, -0.2) is 10.2 Å². The summed E-state index contributed by atoms with van der Waals surface area (Å²) in [5.74, 6) is 2.29. The van der Waals surface area contributed by atoms with E-state index in [4.69, 9.17) is 9.15 Å². The van der Waals surface area contributed by atoms with Crippen molar-refractivity contribution in [2.45, 2.75) is 33.3 Å². The Kier molecular flexibility index (Phi) is 4.42. The van der Waals surface area contributed by atoms with Crippen molar-refractivity contribution in [3.05, 3.63) is 65.5 Å². The normalized spacial score (nSPS) is 11.0. The van der Waals surface area contributed by atoms with Crippen molar-refractivity contribution in [3.8, 4) is 17.2 Å². The van der Waals surface area contributed by atoms with Gasteiger partial charge in [0, 0.05) is 5.56 Å². The van der Waals surface area contributed by atoms with Crippen LogP contribution in [-0.2, 0) is 6.61 Å². The molecule has 2 aromatic carbocycles. The van der Waals surface area contributed by atoms with Gasteiger partial charge in [0.2, 0.25) is 5.89 Å². The van der Waals surface area contributed by atoms with Crippen molar-refractivity contribution in [2.75, 3.05) is 0 Å². The Morgan fingerprint density at radius 1 is 1.04 bits per heavy atom. The average molecular weight is 308 g/mol. The maximum absolute atomic E-state index is 5.70. The number of aryl methyl sites for hydroxylation is 1. The van der Waals surface area contributed by atoms with Gasteiger partial charge in [-0.2, -0.15) is 0 Å². The van der Waals surface area contributed by atoms with Crippen LogP contribution in [0.1, 0.15) is 36.8 Å². The monoisotopic (exact) mass is 308 g/mol. The summed E-state index contributed by atoms with van der Waals surface area (Å²) in [5, 5.41) is 8.12. The molecule has 0 bridgehead atoms. The number of ether oxygens (including phenoxy) is 1. The molecule has 0 saturated carbocycles. The third kappa shape index (κ3) is 3.77. The Labute approximate surface area is 136 Å². The molecule has 0 amide bonds. The summed E-state index contributed by atoms with van der Waals surface area (Å²) in [6.45, 7) is 6.63. The van der Waals surface area contributed by atoms with Crippen LogP contribution in [0.3, 0.4) is 0 Å². The molecule has 1 heterocycles. The minimum absolute atomic E-state index is 0.264. The maximum Gasteiger partial charge on any atom is 0.254 e. The standard InChI is InChI=1S/C19H20N2O2/c1-13(2)15-7-9-17(10-8-15)22-12-18-20-21-19(23-18)16-6-4-5-14(3)11-16/h4-11,13H,12H2,1-3H3. The smallest absolute Gasteiger partial charge is 0.254 e. The summed E-state index contributed by atoms with van der Waals surface area (Å²) in [6.07, 6.45) is 0. The minimum atomic E-state index is 0.264. The molecule has 23 heavy (non-hydrogen) atoms. The predicted octanol–water partition coefficient (Wildman–Crippen LogP) is 4.75. The molecule has 3 rings (SSSR count). The van der Waals surface area contributed by atoms with E-state index in [9.17, 15) is 0 Å². The fraction of sp³-hybridized carbons (Fsp3) is 0.263. The van der Waals surface area contributed by atoms with E-state index in [-0.39, 0.29) is 6.61 Å². The van der Waals surface area contributed by atoms with Gasteiger partial charge in [0.05, 0.1) is 0 Å². The second-order valence-corrected chi connectivity index (χ2v) is 5.88. The van der Waals surface area contributed by atoms with Crippen LogP contribution >= 0.6 is 0 Å². The first-order valence-electron chi connectivity index (χ1n) is 7.74. The number of rotatable bonds is 5. The van der Waals surface area contributed by atoms with Crippen LogP contribution < -0.4 is 4.74 Å². The zero-order valence-corrected chi connectivity index (χ0v) is 13.6. The fourth-order valence-corrected chi connectivity index (χ4v) is 2.30. The van der Waals surface area contributed by atoms with Crippen LogP contribution in [0.25, 0.3) is 11.5 Å². The van der Waals surface area contributed by atoms with E-state index in [0.717, 1.165) is 16.9 Å². The van der Waals surface area contributed by atoms with Crippen molar-refractivity contribution in [1.82, 2.24) is 10.2 Å². The first kappa shape index (κ1) is 15.3. The molecule has 0 aliphatic carbocycles. The number of aromatic nitrogens is 2. The highest BCUT2D eigenvalue weighted by molar-refractivity contribution is 5.53. The summed E-state index contributed by atoms with van der Waals surface area (Å²) in [5.41, 5.74) is 3.37. The van der Waals surface area contributed by atoms with Gasteiger partial charge in [-0.15, -0.1) is 10.2 Å². The van der Waals surface area contributed by atoms with E-state index in [1.165, 1.54) is 5.56 Å². The van der Waals surface area contributed by atoms with Crippen LogP contribution in [0.4, 0.5) is 0 Å². The third-order valence-electron chi connectivity index (χ3n) is 3.64. The zero-order chi connectivity index (χ0) is 16.2. The van der Waals surface area contributed by atoms with Crippen LogP contribution in [0.5, 0.6) is 5.75 Å². The van der Waals surface area contributed by atoms with Crippen LogP contribution in [0.2, 0.25) is 0 Å². The highest BCUT2D eigenvalue weighted by atomic mass is 16.5. The number of benzene rings is 2. The van der Waals surface area contributed by atoms with Gasteiger partial charge in [-0.3, -0.25) is 0 Å². The number of hydrogen-bond acceptors (Lipinski definition) is 4. The van der Waals surface area contributed by atoms with Crippen molar-refractivity contribution >= 4 is 0 Å². The van der Waals surface area contributed by atoms with Crippen molar-refractivity contribution in [1.29, 1.82) is 0 Å². The SMILES string of the molecule is Cc1cccc(-c2nnc(COc3ccc(C(C)C)cc3)o2)c1. The number of nitrogens with zero attached hydrogens (tertiary/aromatic N) is 2. The van der Waals surface area contributed by atoms with Gasteiger partial charge in [-0.25, -0.2) is 0 Å². The van der Waals surface area contributed by atoms with E-state index >= 15 is 0 Å². The average Bonchev–Trinajstić information content (AvgIpc) is 3.02. The molecule has 0 aliphatic rings. The molecule has 0 saturated heterocycles. The van der Waals surface area contributed by atoms with Gasteiger partial charge in [0.25, 0.3) is 5.89 Å². The molecule has 0 aliphatic heterocycles. The highest BCUT2D eigenvalue weighted by Gasteiger charge is 2.09. The van der Waals surface area contributed by atoms with Gasteiger partial charge >= 0.3 is 0 Å². The maximum atomic E-state index is 5.70. The summed E-state index contributed by atoms with van der Waals surface area (Å²) < 4.78 is 11.4. The minimum Gasteiger partial charge on any atom is -0.484 e. The molecule has 4 nitrogen and oxygen atoms in total. The van der Waals surface area contributed by atoms with Gasteiger partial charge in [0.1, 0.15) is 5.75 Å². The van der Waals surface area contributed by atoms with Crippen molar-refractivity contribution in [3.63, 3.8) is 0 Å². The molecule has 0 spiro atoms.